The molecule has 1 aliphatic heterocycles. The maximum atomic E-state index is 12.3. The van der Waals surface area contributed by atoms with E-state index in [2.05, 4.69) is 6.58 Å². The number of likely N-dealkylation sites (N-methyl/N-ethyl adjacent to an activating group) is 1. The van der Waals surface area contributed by atoms with Crippen molar-refractivity contribution in [3.63, 3.8) is 0 Å². The van der Waals surface area contributed by atoms with E-state index in [4.69, 9.17) is 4.74 Å². The largest absolute Gasteiger partial charge is 0.468 e. The molecule has 5 heteroatoms. The summed E-state index contributed by atoms with van der Waals surface area (Å²) in [5, 5.41) is 0. The lowest BCUT2D eigenvalue weighted by molar-refractivity contribution is -0.149. The maximum Gasteiger partial charge on any atom is 0.323 e. The van der Waals surface area contributed by atoms with Crippen LogP contribution in [0.3, 0.4) is 0 Å². The molecule has 0 aromatic heterocycles. The molecule has 0 N–H and O–H groups in total. The van der Waals surface area contributed by atoms with Gasteiger partial charge in [0.1, 0.15) is 6.04 Å². The monoisotopic (exact) mass is 282 g/mol. The number of rotatable bonds is 6. The molecule has 0 aromatic carbocycles. The topological polar surface area (TPSA) is 49.9 Å². The third kappa shape index (κ3) is 4.63. The molecule has 1 heterocycles. The van der Waals surface area contributed by atoms with Crippen LogP contribution in [0, 0.1) is 0 Å². The first kappa shape index (κ1) is 16.7. The summed E-state index contributed by atoms with van der Waals surface area (Å²) in [6.07, 6.45) is 2.80. The summed E-state index contributed by atoms with van der Waals surface area (Å²) in [7, 11) is 1.40. The number of hydrogen-bond acceptors (Lipinski definition) is 4. The van der Waals surface area contributed by atoms with E-state index < -0.39 is 0 Å². The number of piperidine rings is 1. The number of likely N-dealkylation sites (tertiary alicyclic amines) is 1. The quantitative estimate of drug-likeness (QED) is 0.546. The Labute approximate surface area is 121 Å². The zero-order valence-corrected chi connectivity index (χ0v) is 12.9. The van der Waals surface area contributed by atoms with Crippen molar-refractivity contribution < 1.29 is 14.3 Å². The average Bonchev–Trinajstić information content (AvgIpc) is 2.44. The molecule has 0 aliphatic carbocycles. The highest BCUT2D eigenvalue weighted by molar-refractivity contribution is 5.81. The molecule has 1 saturated heterocycles. The Kier molecular flexibility index (Phi) is 6.71. The van der Waals surface area contributed by atoms with Crippen molar-refractivity contribution in [3.8, 4) is 0 Å². The zero-order valence-electron chi connectivity index (χ0n) is 12.9. The van der Waals surface area contributed by atoms with Crippen LogP contribution in [0.25, 0.3) is 0 Å². The second-order valence-corrected chi connectivity index (χ2v) is 5.37. The van der Waals surface area contributed by atoms with Crippen LogP contribution in [0.15, 0.2) is 12.2 Å². The van der Waals surface area contributed by atoms with E-state index in [-0.39, 0.29) is 24.5 Å². The lowest BCUT2D eigenvalue weighted by Crippen LogP contribution is -2.50. The summed E-state index contributed by atoms with van der Waals surface area (Å²) in [5.41, 5.74) is 0.961. The number of amides is 1. The van der Waals surface area contributed by atoms with Crippen LogP contribution in [0.5, 0.6) is 0 Å². The minimum atomic E-state index is -0.277. The molecule has 1 atom stereocenters. The smallest absolute Gasteiger partial charge is 0.323 e. The lowest BCUT2D eigenvalue weighted by atomic mass is 10.0. The van der Waals surface area contributed by atoms with Crippen molar-refractivity contribution in [2.75, 3.05) is 33.3 Å². The molecule has 1 fully saturated rings. The number of nitrogens with zero attached hydrogens (tertiary/aromatic N) is 2. The second kappa shape index (κ2) is 8.04. The molecule has 20 heavy (non-hydrogen) atoms. The van der Waals surface area contributed by atoms with Gasteiger partial charge in [-0.15, -0.1) is 0 Å². The van der Waals surface area contributed by atoms with Gasteiger partial charge in [-0.25, -0.2) is 0 Å². The summed E-state index contributed by atoms with van der Waals surface area (Å²) < 4.78 is 4.83. The molecule has 0 radical (unpaired) electrons. The Morgan fingerprint density at radius 2 is 2.10 bits per heavy atom. The van der Waals surface area contributed by atoms with Crippen LogP contribution in [0.4, 0.5) is 0 Å². The minimum absolute atomic E-state index is 0.0475. The molecule has 1 rings (SSSR count). The Morgan fingerprint density at radius 3 is 2.65 bits per heavy atom. The van der Waals surface area contributed by atoms with Gasteiger partial charge in [0.15, 0.2) is 0 Å². The van der Waals surface area contributed by atoms with Gasteiger partial charge < -0.3 is 9.64 Å². The van der Waals surface area contributed by atoms with Gasteiger partial charge in [0, 0.05) is 13.1 Å². The fourth-order valence-corrected chi connectivity index (χ4v) is 2.56. The zero-order chi connectivity index (χ0) is 15.1. The molecular formula is C15H26N2O3. The number of ether oxygens (including phenoxy) is 1. The third-order valence-corrected chi connectivity index (χ3v) is 3.62. The average molecular weight is 282 g/mol. The lowest BCUT2D eigenvalue weighted by Gasteiger charge is -2.34. The van der Waals surface area contributed by atoms with Gasteiger partial charge in [-0.1, -0.05) is 18.6 Å². The standard InChI is InChI=1S/C15H26N2O3/c1-5-16(10-12(2)3)14(18)11-17-9-7-6-8-13(17)15(19)20-4/h13H,2,5-11H2,1,3-4H3. The molecule has 1 amide bonds. The van der Waals surface area contributed by atoms with E-state index in [1.807, 2.05) is 18.7 Å². The fourth-order valence-electron chi connectivity index (χ4n) is 2.56. The number of carbonyl (C=O) groups excluding carboxylic acids is 2. The van der Waals surface area contributed by atoms with Crippen molar-refractivity contribution in [1.82, 2.24) is 9.80 Å². The van der Waals surface area contributed by atoms with E-state index in [1.165, 1.54) is 7.11 Å². The SMILES string of the molecule is C=C(C)CN(CC)C(=O)CN1CCCCC1C(=O)OC. The molecule has 1 unspecified atom stereocenters. The molecular weight excluding hydrogens is 256 g/mol. The van der Waals surface area contributed by atoms with Crippen molar-refractivity contribution in [2.45, 2.75) is 39.2 Å². The van der Waals surface area contributed by atoms with E-state index in [0.29, 0.717) is 13.1 Å². The van der Waals surface area contributed by atoms with Gasteiger partial charge in [-0.05, 0) is 33.2 Å². The number of carbonyl (C=O) groups is 2. The Bertz CT molecular complexity index is 368. The van der Waals surface area contributed by atoms with Crippen molar-refractivity contribution in [3.05, 3.63) is 12.2 Å². The summed E-state index contributed by atoms with van der Waals surface area (Å²) in [4.78, 5) is 27.8. The molecule has 0 saturated carbocycles. The van der Waals surface area contributed by atoms with E-state index in [9.17, 15) is 9.59 Å². The third-order valence-electron chi connectivity index (χ3n) is 3.62. The molecule has 0 aromatic rings. The Morgan fingerprint density at radius 1 is 1.40 bits per heavy atom. The van der Waals surface area contributed by atoms with Crippen LogP contribution >= 0.6 is 0 Å². The fraction of sp³-hybridized carbons (Fsp3) is 0.733. The molecule has 0 bridgehead atoms. The van der Waals surface area contributed by atoms with Crippen molar-refractivity contribution in [2.24, 2.45) is 0 Å². The normalized spacial score (nSPS) is 19.4. The molecule has 0 spiro atoms. The highest BCUT2D eigenvalue weighted by atomic mass is 16.5. The van der Waals surface area contributed by atoms with Crippen LogP contribution < -0.4 is 0 Å². The van der Waals surface area contributed by atoms with E-state index in [1.54, 1.807) is 4.90 Å². The highest BCUT2D eigenvalue weighted by Gasteiger charge is 2.31. The van der Waals surface area contributed by atoms with Crippen LogP contribution in [0.1, 0.15) is 33.1 Å². The van der Waals surface area contributed by atoms with Gasteiger partial charge in [-0.3, -0.25) is 14.5 Å². The van der Waals surface area contributed by atoms with Gasteiger partial charge in [-0.2, -0.15) is 0 Å². The predicted octanol–water partition coefficient (Wildman–Crippen LogP) is 1.44. The predicted molar refractivity (Wildman–Crippen MR) is 78.3 cm³/mol. The van der Waals surface area contributed by atoms with E-state index >= 15 is 0 Å². The van der Waals surface area contributed by atoms with Gasteiger partial charge in [0.25, 0.3) is 0 Å². The number of esters is 1. The van der Waals surface area contributed by atoms with Crippen molar-refractivity contribution in [1.29, 1.82) is 0 Å². The molecule has 5 nitrogen and oxygen atoms in total. The first-order valence-corrected chi connectivity index (χ1v) is 7.23. The summed E-state index contributed by atoms with van der Waals surface area (Å²) >= 11 is 0. The Hall–Kier alpha value is -1.36. The number of hydrogen-bond donors (Lipinski definition) is 0. The minimum Gasteiger partial charge on any atom is -0.468 e. The first-order valence-electron chi connectivity index (χ1n) is 7.23. The Balaban J connectivity index is 2.65. The summed E-state index contributed by atoms with van der Waals surface area (Å²) in [6, 6.07) is -0.277. The second-order valence-electron chi connectivity index (χ2n) is 5.37. The van der Waals surface area contributed by atoms with Gasteiger partial charge in [0.2, 0.25) is 5.91 Å². The van der Waals surface area contributed by atoms with Crippen LogP contribution in [-0.2, 0) is 14.3 Å². The maximum absolute atomic E-state index is 12.3. The van der Waals surface area contributed by atoms with Gasteiger partial charge >= 0.3 is 5.97 Å². The first-order chi connectivity index (χ1) is 9.49. The van der Waals surface area contributed by atoms with Crippen LogP contribution in [-0.4, -0.2) is 61.0 Å². The summed E-state index contributed by atoms with van der Waals surface area (Å²) in [6.45, 7) is 9.99. The molecule has 114 valence electrons. The molecule has 1 aliphatic rings. The van der Waals surface area contributed by atoms with Crippen molar-refractivity contribution >= 4 is 11.9 Å². The van der Waals surface area contributed by atoms with Gasteiger partial charge in [0.05, 0.1) is 13.7 Å². The number of methoxy groups -OCH3 is 1. The van der Waals surface area contributed by atoms with E-state index in [0.717, 1.165) is 31.4 Å². The summed E-state index contributed by atoms with van der Waals surface area (Å²) in [5.74, 6) is -0.188. The highest BCUT2D eigenvalue weighted by Crippen LogP contribution is 2.18. The van der Waals surface area contributed by atoms with Crippen LogP contribution in [0.2, 0.25) is 0 Å².